The number of hydrogen-bond donors (Lipinski definition) is 4. The molecule has 196 valence electrons. The van der Waals surface area contributed by atoms with Gasteiger partial charge in [0.25, 0.3) is 0 Å². The number of benzene rings is 3. The Morgan fingerprint density at radius 3 is 2.29 bits per heavy atom. The van der Waals surface area contributed by atoms with Crippen LogP contribution >= 0.6 is 0 Å². The lowest BCUT2D eigenvalue weighted by Crippen LogP contribution is -2.26. The maximum absolute atomic E-state index is 5.03. The number of imidazole rings is 1. The van der Waals surface area contributed by atoms with Gasteiger partial charge >= 0.3 is 0 Å². The van der Waals surface area contributed by atoms with Gasteiger partial charge in [0.2, 0.25) is 0 Å². The normalized spacial score (nSPS) is 23.0. The summed E-state index contributed by atoms with van der Waals surface area (Å²) in [7, 11) is 0. The Balaban J connectivity index is 1.27. The Bertz CT molecular complexity index is 1460. The van der Waals surface area contributed by atoms with E-state index >= 15 is 0 Å². The van der Waals surface area contributed by atoms with Crippen LogP contribution in [0.1, 0.15) is 87.1 Å². The van der Waals surface area contributed by atoms with E-state index in [1.165, 1.54) is 40.2 Å². The number of aromatic amines is 1. The third-order valence-corrected chi connectivity index (χ3v) is 8.70. The number of hydrogen-bond acceptors (Lipinski definition) is 5. The van der Waals surface area contributed by atoms with Crippen molar-refractivity contribution in [3.05, 3.63) is 83.2 Å². The molecule has 0 bridgehead atoms. The minimum absolute atomic E-state index is 0.137. The van der Waals surface area contributed by atoms with Crippen LogP contribution in [0.5, 0.6) is 0 Å². The van der Waals surface area contributed by atoms with Gasteiger partial charge in [0.05, 0.1) is 47.2 Å². The molecule has 6 heteroatoms. The fourth-order valence-electron chi connectivity index (χ4n) is 6.60. The van der Waals surface area contributed by atoms with E-state index in [2.05, 4.69) is 107 Å². The number of fused-ring (bicyclic) bond motifs is 2. The van der Waals surface area contributed by atoms with Crippen LogP contribution in [0.3, 0.4) is 0 Å². The number of rotatable bonds is 4. The van der Waals surface area contributed by atoms with Gasteiger partial charge in [-0.3, -0.25) is 0 Å². The van der Waals surface area contributed by atoms with Crippen LogP contribution in [-0.4, -0.2) is 23.2 Å². The second-order valence-corrected chi connectivity index (χ2v) is 12.2. The van der Waals surface area contributed by atoms with Gasteiger partial charge in [0, 0.05) is 5.69 Å². The van der Waals surface area contributed by atoms with Gasteiger partial charge in [0.15, 0.2) is 0 Å². The van der Waals surface area contributed by atoms with E-state index in [0.29, 0.717) is 18.1 Å². The molecule has 2 saturated heterocycles. The predicted molar refractivity (Wildman–Crippen MR) is 157 cm³/mol. The van der Waals surface area contributed by atoms with Crippen molar-refractivity contribution in [1.82, 2.24) is 15.3 Å². The zero-order chi connectivity index (χ0) is 25.9. The van der Waals surface area contributed by atoms with Crippen molar-refractivity contribution in [1.29, 1.82) is 0 Å². The molecular weight excluding hydrogens is 468 g/mol. The summed E-state index contributed by atoms with van der Waals surface area (Å²) >= 11 is 0. The first-order valence-corrected chi connectivity index (χ1v) is 14.2. The maximum Gasteiger partial charge on any atom is 0.124 e. The molecule has 3 aromatic carbocycles. The van der Waals surface area contributed by atoms with Gasteiger partial charge in [0.1, 0.15) is 5.82 Å². The maximum atomic E-state index is 5.03. The lowest BCUT2D eigenvalue weighted by atomic mass is 9.87. The van der Waals surface area contributed by atoms with E-state index in [1.54, 1.807) is 0 Å². The number of nitrogens with one attached hydrogen (secondary N) is 4. The monoisotopic (exact) mass is 506 g/mol. The molecule has 3 atom stereocenters. The van der Waals surface area contributed by atoms with Gasteiger partial charge in [-0.2, -0.15) is 0 Å². The summed E-state index contributed by atoms with van der Waals surface area (Å²) in [6.07, 6.45) is 4.60. The molecule has 1 aromatic heterocycles. The molecule has 0 spiro atoms. The molecule has 2 fully saturated rings. The first-order chi connectivity index (χ1) is 18.4. The largest absolute Gasteiger partial charge is 0.366 e. The van der Waals surface area contributed by atoms with Crippen molar-refractivity contribution >= 4 is 28.1 Å². The number of anilines is 3. The highest BCUT2D eigenvalue weighted by molar-refractivity contribution is 5.77. The average molecular weight is 507 g/mol. The molecule has 6 nitrogen and oxygen atoms in total. The van der Waals surface area contributed by atoms with Crippen LogP contribution < -0.4 is 20.9 Å². The standard InChI is InChI=1S/C32H38N6/c1-32(2,3)22-8-10-23(11-9-22)38-29(20-6-12-24-27(17-20)35-19-34-24)14-15-30(38)21-7-13-25-28(18-21)37-31(36-25)26-5-4-16-33-26/h6-13,17-18,26,29-30,33-35H,4-5,14-16,19H2,1-3H3,(H,36,37)/t26-,29?,30?/m0/s1. The van der Waals surface area contributed by atoms with Crippen molar-refractivity contribution in [2.24, 2.45) is 0 Å². The summed E-state index contributed by atoms with van der Waals surface area (Å²) in [5.41, 5.74) is 10.1. The molecule has 38 heavy (non-hydrogen) atoms. The first-order valence-electron chi connectivity index (χ1n) is 14.2. The van der Waals surface area contributed by atoms with Crippen molar-refractivity contribution in [3.8, 4) is 0 Å². The van der Waals surface area contributed by atoms with Gasteiger partial charge in [-0.05, 0) is 90.7 Å². The molecule has 4 aromatic rings. The van der Waals surface area contributed by atoms with Crippen molar-refractivity contribution in [2.75, 3.05) is 28.7 Å². The summed E-state index contributed by atoms with van der Waals surface area (Å²) in [4.78, 5) is 11.3. The molecule has 4 heterocycles. The molecule has 3 aliphatic rings. The molecule has 4 N–H and O–H groups in total. The molecule has 0 radical (unpaired) electrons. The second kappa shape index (κ2) is 9.05. The van der Waals surface area contributed by atoms with Gasteiger partial charge in [-0.15, -0.1) is 0 Å². The molecule has 3 aliphatic heterocycles. The quantitative estimate of drug-likeness (QED) is 0.236. The first kappa shape index (κ1) is 23.6. The average Bonchev–Trinajstić information content (AvgIpc) is 3.72. The number of H-pyrrole nitrogens is 1. The molecule has 7 rings (SSSR count). The summed E-state index contributed by atoms with van der Waals surface area (Å²) in [6, 6.07) is 24.0. The molecule has 0 amide bonds. The van der Waals surface area contributed by atoms with Crippen LogP contribution in [0, 0.1) is 0 Å². The van der Waals surface area contributed by atoms with Crippen molar-refractivity contribution in [3.63, 3.8) is 0 Å². The van der Waals surface area contributed by atoms with Crippen LogP contribution in [0.4, 0.5) is 17.1 Å². The molecule has 0 aliphatic carbocycles. The van der Waals surface area contributed by atoms with Crippen LogP contribution in [0.15, 0.2) is 60.7 Å². The molecular formula is C32H38N6. The Labute approximate surface area is 225 Å². The fraction of sp³-hybridized carbons (Fsp3) is 0.406. The van der Waals surface area contributed by atoms with Crippen LogP contribution in [0.25, 0.3) is 11.0 Å². The third-order valence-electron chi connectivity index (χ3n) is 8.70. The number of aromatic nitrogens is 2. The lowest BCUT2D eigenvalue weighted by Gasteiger charge is -2.34. The highest BCUT2D eigenvalue weighted by Crippen LogP contribution is 2.48. The Morgan fingerprint density at radius 1 is 0.816 bits per heavy atom. The van der Waals surface area contributed by atoms with E-state index in [0.717, 1.165) is 49.3 Å². The summed E-state index contributed by atoms with van der Waals surface area (Å²) in [5.74, 6) is 1.08. The Kier molecular flexibility index (Phi) is 5.62. The minimum atomic E-state index is 0.137. The summed E-state index contributed by atoms with van der Waals surface area (Å²) < 4.78 is 0. The van der Waals surface area contributed by atoms with Gasteiger partial charge in [-0.1, -0.05) is 45.0 Å². The van der Waals surface area contributed by atoms with E-state index < -0.39 is 0 Å². The summed E-state index contributed by atoms with van der Waals surface area (Å²) in [5, 5.41) is 10.5. The van der Waals surface area contributed by atoms with E-state index in [1.807, 2.05) is 0 Å². The lowest BCUT2D eigenvalue weighted by molar-refractivity contribution is 0.589. The van der Waals surface area contributed by atoms with Crippen LogP contribution in [0.2, 0.25) is 0 Å². The van der Waals surface area contributed by atoms with Gasteiger partial charge in [-0.25, -0.2) is 4.98 Å². The fourth-order valence-corrected chi connectivity index (χ4v) is 6.60. The third kappa shape index (κ3) is 4.11. The van der Waals surface area contributed by atoms with E-state index in [-0.39, 0.29) is 5.41 Å². The summed E-state index contributed by atoms with van der Waals surface area (Å²) in [6.45, 7) is 8.72. The smallest absolute Gasteiger partial charge is 0.124 e. The predicted octanol–water partition coefficient (Wildman–Crippen LogP) is 7.16. The van der Waals surface area contributed by atoms with E-state index in [9.17, 15) is 0 Å². The zero-order valence-electron chi connectivity index (χ0n) is 22.6. The molecule has 0 saturated carbocycles. The van der Waals surface area contributed by atoms with Crippen molar-refractivity contribution < 1.29 is 0 Å². The highest BCUT2D eigenvalue weighted by Gasteiger charge is 2.36. The zero-order valence-corrected chi connectivity index (χ0v) is 22.6. The van der Waals surface area contributed by atoms with E-state index in [4.69, 9.17) is 4.98 Å². The second-order valence-electron chi connectivity index (χ2n) is 12.2. The van der Waals surface area contributed by atoms with Crippen LogP contribution in [-0.2, 0) is 5.41 Å². The minimum Gasteiger partial charge on any atom is -0.366 e. The Hall–Kier alpha value is -3.51. The Morgan fingerprint density at radius 2 is 1.55 bits per heavy atom. The highest BCUT2D eigenvalue weighted by atomic mass is 15.2. The van der Waals surface area contributed by atoms with Gasteiger partial charge < -0.3 is 25.8 Å². The SMILES string of the molecule is CC(C)(C)c1ccc(N2C(c3ccc4c(c3)NCN4)CCC2c2ccc3[nH]c([C@@H]4CCCN4)nc3c2)cc1. The molecule has 2 unspecified atom stereocenters. The topological polar surface area (TPSA) is 68.0 Å². The number of nitrogens with zero attached hydrogens (tertiary/aromatic N) is 2. The van der Waals surface area contributed by atoms with Crippen molar-refractivity contribution in [2.45, 2.75) is 70.0 Å².